The number of carbonyl (C=O) groups excluding carboxylic acids is 2. The molecule has 6 nitrogen and oxygen atoms in total. The summed E-state index contributed by atoms with van der Waals surface area (Å²) in [6, 6.07) is 5.00. The van der Waals surface area contributed by atoms with Crippen molar-refractivity contribution in [2.24, 2.45) is 5.92 Å². The molecule has 7 heteroatoms. The summed E-state index contributed by atoms with van der Waals surface area (Å²) in [5.74, 6) is 1.42. The molecule has 1 aliphatic carbocycles. The van der Waals surface area contributed by atoms with Gasteiger partial charge in [-0.1, -0.05) is 6.92 Å². The number of carbonyl (C=O) groups is 2. The number of nitrogens with one attached hydrogen (secondary N) is 1. The normalized spacial score (nSPS) is 15.7. The van der Waals surface area contributed by atoms with E-state index >= 15 is 0 Å². The topological polar surface area (TPSA) is 77.5 Å². The average molecular weight is 388 g/mol. The number of amides is 1. The van der Waals surface area contributed by atoms with Crippen LogP contribution in [0.5, 0.6) is 11.5 Å². The minimum atomic E-state index is -0.192. The Morgan fingerprint density at radius 1 is 1.22 bits per heavy atom. The maximum Gasteiger partial charge on any atom is 0.226 e. The van der Waals surface area contributed by atoms with E-state index in [0.29, 0.717) is 28.1 Å². The number of fused-ring (bicyclic) bond motifs is 1. The second-order valence-corrected chi connectivity index (χ2v) is 7.86. The maximum atomic E-state index is 12.4. The number of aryl methyl sites for hydroxylation is 1. The fourth-order valence-corrected chi connectivity index (χ4v) is 4.34. The van der Waals surface area contributed by atoms with Gasteiger partial charge in [0.25, 0.3) is 0 Å². The van der Waals surface area contributed by atoms with Crippen LogP contribution in [0, 0.1) is 5.92 Å². The minimum absolute atomic E-state index is 0.113. The van der Waals surface area contributed by atoms with Crippen LogP contribution >= 0.6 is 11.3 Å². The fraction of sp³-hybridized carbons (Fsp3) is 0.450. The van der Waals surface area contributed by atoms with E-state index in [-0.39, 0.29) is 24.5 Å². The first-order valence-corrected chi connectivity index (χ1v) is 9.85. The van der Waals surface area contributed by atoms with Crippen molar-refractivity contribution in [3.05, 3.63) is 34.3 Å². The lowest BCUT2D eigenvalue weighted by atomic mass is 9.93. The van der Waals surface area contributed by atoms with Gasteiger partial charge in [-0.2, -0.15) is 0 Å². The molecule has 1 aliphatic rings. The fourth-order valence-electron chi connectivity index (χ4n) is 3.16. The molecule has 0 bridgehead atoms. The van der Waals surface area contributed by atoms with Gasteiger partial charge in [-0.15, -0.1) is 11.3 Å². The van der Waals surface area contributed by atoms with Gasteiger partial charge >= 0.3 is 0 Å². The lowest BCUT2D eigenvalue weighted by molar-refractivity contribution is -0.116. The first-order valence-electron chi connectivity index (χ1n) is 9.03. The quantitative estimate of drug-likeness (QED) is 0.728. The van der Waals surface area contributed by atoms with E-state index in [9.17, 15) is 9.59 Å². The van der Waals surface area contributed by atoms with Crippen LogP contribution in [0.1, 0.15) is 47.1 Å². The molecule has 1 heterocycles. The van der Waals surface area contributed by atoms with Crippen molar-refractivity contribution in [3.8, 4) is 11.5 Å². The Hall–Kier alpha value is -2.41. The second-order valence-electron chi connectivity index (χ2n) is 6.78. The van der Waals surface area contributed by atoms with Crippen molar-refractivity contribution in [2.75, 3.05) is 19.5 Å². The van der Waals surface area contributed by atoms with Gasteiger partial charge in [0.15, 0.2) is 22.4 Å². The van der Waals surface area contributed by atoms with Crippen LogP contribution in [-0.2, 0) is 17.6 Å². The molecule has 1 N–H and O–H groups in total. The van der Waals surface area contributed by atoms with Crippen LogP contribution in [-0.4, -0.2) is 30.9 Å². The molecule has 0 spiro atoms. The molecule has 1 unspecified atom stereocenters. The maximum absolute atomic E-state index is 12.4. The number of Topliss-reactive ketones (excluding diaryl/α,β-unsaturated/α-hetero) is 1. The van der Waals surface area contributed by atoms with E-state index < -0.39 is 0 Å². The van der Waals surface area contributed by atoms with Gasteiger partial charge < -0.3 is 14.8 Å². The van der Waals surface area contributed by atoms with Gasteiger partial charge in [-0.3, -0.25) is 9.59 Å². The molecule has 1 atom stereocenters. The van der Waals surface area contributed by atoms with Crippen molar-refractivity contribution in [1.29, 1.82) is 0 Å². The van der Waals surface area contributed by atoms with Gasteiger partial charge in [0.2, 0.25) is 5.91 Å². The van der Waals surface area contributed by atoms with Crippen LogP contribution in [0.3, 0.4) is 0 Å². The average Bonchev–Trinajstić information content (AvgIpc) is 3.06. The van der Waals surface area contributed by atoms with Crippen molar-refractivity contribution in [3.63, 3.8) is 0 Å². The Bertz CT molecular complexity index is 847. The van der Waals surface area contributed by atoms with E-state index in [1.165, 1.54) is 12.0 Å². The molecule has 1 aromatic carbocycles. The highest BCUT2D eigenvalue weighted by Gasteiger charge is 2.20. The number of benzene rings is 1. The molecule has 144 valence electrons. The van der Waals surface area contributed by atoms with Gasteiger partial charge in [0.05, 0.1) is 19.9 Å². The Morgan fingerprint density at radius 3 is 2.74 bits per heavy atom. The molecule has 0 aliphatic heterocycles. The van der Waals surface area contributed by atoms with Crippen molar-refractivity contribution in [1.82, 2.24) is 4.98 Å². The Balaban J connectivity index is 1.55. The molecule has 1 aromatic heterocycles. The summed E-state index contributed by atoms with van der Waals surface area (Å²) in [6.45, 7) is 2.24. The smallest absolute Gasteiger partial charge is 0.226 e. The van der Waals surface area contributed by atoms with Gasteiger partial charge in [-0.05, 0) is 43.4 Å². The van der Waals surface area contributed by atoms with Crippen LogP contribution in [0.2, 0.25) is 0 Å². The minimum Gasteiger partial charge on any atom is -0.493 e. The SMILES string of the molecule is COc1ccc(C(=O)CCC(=O)Nc2nc3c(s2)CC(C)CC3)cc1OC. The van der Waals surface area contributed by atoms with Crippen LogP contribution in [0.4, 0.5) is 5.13 Å². The first kappa shape index (κ1) is 19.4. The third-order valence-corrected chi connectivity index (χ3v) is 5.75. The molecule has 0 saturated heterocycles. The molecule has 3 rings (SSSR count). The highest BCUT2D eigenvalue weighted by molar-refractivity contribution is 7.15. The van der Waals surface area contributed by atoms with Crippen LogP contribution in [0.25, 0.3) is 0 Å². The van der Waals surface area contributed by atoms with E-state index in [1.54, 1.807) is 36.6 Å². The Morgan fingerprint density at radius 2 is 2.00 bits per heavy atom. The van der Waals surface area contributed by atoms with Crippen molar-refractivity contribution in [2.45, 2.75) is 39.0 Å². The number of ether oxygens (including phenoxy) is 2. The number of hydrogen-bond acceptors (Lipinski definition) is 6. The Labute approximate surface area is 162 Å². The summed E-state index contributed by atoms with van der Waals surface area (Å²) >= 11 is 1.55. The van der Waals surface area contributed by atoms with Crippen LogP contribution in [0.15, 0.2) is 18.2 Å². The third kappa shape index (κ3) is 4.66. The van der Waals surface area contributed by atoms with Crippen LogP contribution < -0.4 is 14.8 Å². The summed E-state index contributed by atoms with van der Waals surface area (Å²) in [6.07, 6.45) is 3.39. The van der Waals surface area contributed by atoms with Gasteiger partial charge in [-0.25, -0.2) is 4.98 Å². The van der Waals surface area contributed by atoms with E-state index in [0.717, 1.165) is 25.0 Å². The molecule has 1 amide bonds. The molecular formula is C20H24N2O4S. The number of hydrogen-bond donors (Lipinski definition) is 1. The van der Waals surface area contributed by atoms with Gasteiger partial charge in [0, 0.05) is 23.3 Å². The number of nitrogens with zero attached hydrogens (tertiary/aromatic N) is 1. The number of rotatable bonds is 7. The number of methoxy groups -OCH3 is 2. The molecule has 0 saturated carbocycles. The summed E-state index contributed by atoms with van der Waals surface area (Å²) in [5, 5.41) is 3.47. The number of thiazole rings is 1. The van der Waals surface area contributed by atoms with Gasteiger partial charge in [0.1, 0.15) is 0 Å². The molecule has 2 aromatic rings. The predicted molar refractivity (Wildman–Crippen MR) is 105 cm³/mol. The summed E-state index contributed by atoms with van der Waals surface area (Å²) < 4.78 is 10.4. The monoisotopic (exact) mass is 388 g/mol. The number of ketones is 1. The van der Waals surface area contributed by atoms with E-state index in [1.807, 2.05) is 0 Å². The first-order chi connectivity index (χ1) is 13.0. The molecule has 0 fully saturated rings. The Kier molecular flexibility index (Phi) is 6.11. The van der Waals surface area contributed by atoms with E-state index in [2.05, 4.69) is 17.2 Å². The lowest BCUT2D eigenvalue weighted by Gasteiger charge is -2.15. The summed E-state index contributed by atoms with van der Waals surface area (Å²) in [7, 11) is 3.06. The second kappa shape index (κ2) is 8.52. The molecule has 27 heavy (non-hydrogen) atoms. The summed E-state index contributed by atoms with van der Waals surface area (Å²) in [4.78, 5) is 30.4. The van der Waals surface area contributed by atoms with Crippen molar-refractivity contribution >= 4 is 28.2 Å². The number of anilines is 1. The zero-order valence-corrected chi connectivity index (χ0v) is 16.6. The third-order valence-electron chi connectivity index (χ3n) is 4.72. The standard InChI is InChI=1S/C20H24N2O4S/c1-12-4-6-14-18(10-12)27-20(21-14)22-19(24)9-7-15(23)13-5-8-16(25-2)17(11-13)26-3/h5,8,11-12H,4,6-7,9-10H2,1-3H3,(H,21,22,24). The number of aromatic nitrogens is 1. The zero-order valence-electron chi connectivity index (χ0n) is 15.8. The zero-order chi connectivity index (χ0) is 19.4. The molecular weight excluding hydrogens is 364 g/mol. The largest absolute Gasteiger partial charge is 0.493 e. The highest BCUT2D eigenvalue weighted by atomic mass is 32.1. The van der Waals surface area contributed by atoms with E-state index in [4.69, 9.17) is 9.47 Å². The molecule has 0 radical (unpaired) electrons. The predicted octanol–water partition coefficient (Wildman–Crippen LogP) is 3.89. The summed E-state index contributed by atoms with van der Waals surface area (Å²) in [5.41, 5.74) is 1.61. The van der Waals surface area contributed by atoms with Crippen molar-refractivity contribution < 1.29 is 19.1 Å². The lowest BCUT2D eigenvalue weighted by Crippen LogP contribution is -2.13. The highest BCUT2D eigenvalue weighted by Crippen LogP contribution is 2.32.